The number of hydrogen-bond donors (Lipinski definition) is 3. The van der Waals surface area contributed by atoms with E-state index in [4.69, 9.17) is 0 Å². The minimum atomic E-state index is -0.202. The van der Waals surface area contributed by atoms with E-state index in [2.05, 4.69) is 21.0 Å². The van der Waals surface area contributed by atoms with Crippen LogP contribution in [-0.2, 0) is 11.8 Å². The van der Waals surface area contributed by atoms with Crippen molar-refractivity contribution < 1.29 is 9.59 Å². The Morgan fingerprint density at radius 1 is 1.32 bits per heavy atom. The summed E-state index contributed by atoms with van der Waals surface area (Å²) in [5.74, 6) is -0.404. The van der Waals surface area contributed by atoms with Crippen LogP contribution in [-0.4, -0.2) is 41.2 Å². The standard InChI is InChI=1S/C18H23N5O2/c1-3-20-17(24)13-6-4-5-7-16(13)22-18(25)15-10-19-9-14(15)12-8-21-23(2)11-12/h4-8,11,14-15,19H,3,9-10H2,1-2H3,(H,20,24)(H,22,25)/t14-,15+/m1/s1. The van der Waals surface area contributed by atoms with Crippen LogP contribution >= 0.6 is 0 Å². The lowest BCUT2D eigenvalue weighted by Crippen LogP contribution is -2.30. The van der Waals surface area contributed by atoms with Gasteiger partial charge in [0.15, 0.2) is 0 Å². The number of nitrogens with one attached hydrogen (secondary N) is 3. The summed E-state index contributed by atoms with van der Waals surface area (Å²) in [4.78, 5) is 25.0. The fraction of sp³-hybridized carbons (Fsp3) is 0.389. The van der Waals surface area contributed by atoms with Crippen molar-refractivity contribution in [1.29, 1.82) is 0 Å². The first kappa shape index (κ1) is 17.2. The molecule has 3 N–H and O–H groups in total. The maximum Gasteiger partial charge on any atom is 0.253 e. The summed E-state index contributed by atoms with van der Waals surface area (Å²) >= 11 is 0. The number of aromatic nitrogens is 2. The maximum absolute atomic E-state index is 12.8. The van der Waals surface area contributed by atoms with Gasteiger partial charge >= 0.3 is 0 Å². The van der Waals surface area contributed by atoms with Crippen LogP contribution in [0.15, 0.2) is 36.7 Å². The van der Waals surface area contributed by atoms with Gasteiger partial charge in [0.1, 0.15) is 0 Å². The second-order valence-electron chi connectivity index (χ2n) is 6.21. The van der Waals surface area contributed by atoms with Crippen LogP contribution in [0.25, 0.3) is 0 Å². The fourth-order valence-corrected chi connectivity index (χ4v) is 3.21. The van der Waals surface area contributed by atoms with Gasteiger partial charge in [-0.25, -0.2) is 0 Å². The van der Waals surface area contributed by atoms with Crippen molar-refractivity contribution in [3.05, 3.63) is 47.8 Å². The molecule has 0 spiro atoms. The van der Waals surface area contributed by atoms with Crippen molar-refractivity contribution in [2.24, 2.45) is 13.0 Å². The van der Waals surface area contributed by atoms with E-state index in [0.29, 0.717) is 24.3 Å². The summed E-state index contributed by atoms with van der Waals surface area (Å²) in [6.45, 7) is 3.75. The van der Waals surface area contributed by atoms with Crippen LogP contribution in [0.2, 0.25) is 0 Å². The molecule has 132 valence electrons. The highest BCUT2D eigenvalue weighted by molar-refractivity contribution is 6.04. The largest absolute Gasteiger partial charge is 0.352 e. The predicted molar refractivity (Wildman–Crippen MR) is 95.4 cm³/mol. The van der Waals surface area contributed by atoms with E-state index >= 15 is 0 Å². The number of aryl methyl sites for hydroxylation is 1. The Hall–Kier alpha value is -2.67. The van der Waals surface area contributed by atoms with E-state index < -0.39 is 0 Å². The summed E-state index contributed by atoms with van der Waals surface area (Å²) in [6, 6.07) is 7.07. The number of amides is 2. The second kappa shape index (κ2) is 7.48. The van der Waals surface area contributed by atoms with Gasteiger partial charge in [-0.2, -0.15) is 5.10 Å². The van der Waals surface area contributed by atoms with Gasteiger partial charge < -0.3 is 16.0 Å². The predicted octanol–water partition coefficient (Wildman–Crippen LogP) is 1.11. The van der Waals surface area contributed by atoms with E-state index in [-0.39, 0.29) is 23.7 Å². The van der Waals surface area contributed by atoms with Gasteiger partial charge in [0.05, 0.1) is 23.4 Å². The summed E-state index contributed by atoms with van der Waals surface area (Å²) in [5.41, 5.74) is 2.06. The molecule has 2 aromatic rings. The molecule has 1 aliphatic heterocycles. The molecule has 1 fully saturated rings. The van der Waals surface area contributed by atoms with Gasteiger partial charge in [-0.05, 0) is 24.6 Å². The van der Waals surface area contributed by atoms with Crippen molar-refractivity contribution in [2.75, 3.05) is 25.0 Å². The third kappa shape index (κ3) is 3.71. The summed E-state index contributed by atoms with van der Waals surface area (Å²) in [7, 11) is 1.86. The number of benzene rings is 1. The summed E-state index contributed by atoms with van der Waals surface area (Å²) in [5, 5.41) is 13.2. The molecule has 2 heterocycles. The normalized spacial score (nSPS) is 19.6. The third-order valence-corrected chi connectivity index (χ3v) is 4.47. The molecule has 1 aromatic heterocycles. The van der Waals surface area contributed by atoms with Crippen LogP contribution in [0.5, 0.6) is 0 Å². The smallest absolute Gasteiger partial charge is 0.253 e. The molecule has 0 saturated carbocycles. The van der Waals surface area contributed by atoms with E-state index in [1.807, 2.05) is 26.2 Å². The van der Waals surface area contributed by atoms with Crippen molar-refractivity contribution in [3.63, 3.8) is 0 Å². The SMILES string of the molecule is CCNC(=O)c1ccccc1NC(=O)[C@H]1CNC[C@@H]1c1cnn(C)c1. The zero-order valence-electron chi connectivity index (χ0n) is 14.5. The highest BCUT2D eigenvalue weighted by atomic mass is 16.2. The van der Waals surface area contributed by atoms with Crippen molar-refractivity contribution in [3.8, 4) is 0 Å². The first-order valence-corrected chi connectivity index (χ1v) is 8.47. The number of carbonyl (C=O) groups is 2. The molecule has 2 amide bonds. The number of rotatable bonds is 5. The zero-order valence-corrected chi connectivity index (χ0v) is 14.5. The lowest BCUT2D eigenvalue weighted by Gasteiger charge is -2.18. The minimum Gasteiger partial charge on any atom is -0.352 e. The molecule has 0 aliphatic carbocycles. The van der Waals surface area contributed by atoms with E-state index in [1.165, 1.54) is 0 Å². The fourth-order valence-electron chi connectivity index (χ4n) is 3.21. The van der Waals surface area contributed by atoms with E-state index in [1.54, 1.807) is 29.1 Å². The molecule has 1 aromatic carbocycles. The lowest BCUT2D eigenvalue weighted by atomic mass is 9.90. The topological polar surface area (TPSA) is 88.1 Å². The Labute approximate surface area is 146 Å². The molecule has 3 rings (SSSR count). The average Bonchev–Trinajstić information content (AvgIpc) is 3.24. The molecule has 0 radical (unpaired) electrons. The molecule has 25 heavy (non-hydrogen) atoms. The number of nitrogens with zero attached hydrogens (tertiary/aromatic N) is 2. The average molecular weight is 341 g/mol. The second-order valence-corrected chi connectivity index (χ2v) is 6.21. The molecule has 7 nitrogen and oxygen atoms in total. The number of para-hydroxylation sites is 1. The Kier molecular flexibility index (Phi) is 5.14. The highest BCUT2D eigenvalue weighted by Gasteiger charge is 2.35. The Morgan fingerprint density at radius 2 is 2.12 bits per heavy atom. The first-order valence-electron chi connectivity index (χ1n) is 8.47. The Balaban J connectivity index is 1.77. The van der Waals surface area contributed by atoms with Gasteiger partial charge in [0.2, 0.25) is 5.91 Å². The highest BCUT2D eigenvalue weighted by Crippen LogP contribution is 2.29. The molecule has 2 atom stereocenters. The minimum absolute atomic E-state index is 0.0744. The number of hydrogen-bond acceptors (Lipinski definition) is 4. The quantitative estimate of drug-likeness (QED) is 0.760. The molecular formula is C18H23N5O2. The van der Waals surface area contributed by atoms with E-state index in [9.17, 15) is 9.59 Å². The Morgan fingerprint density at radius 3 is 2.84 bits per heavy atom. The lowest BCUT2D eigenvalue weighted by molar-refractivity contribution is -0.119. The summed E-state index contributed by atoms with van der Waals surface area (Å²) < 4.78 is 1.74. The van der Waals surface area contributed by atoms with Crippen molar-refractivity contribution >= 4 is 17.5 Å². The molecular weight excluding hydrogens is 318 g/mol. The van der Waals surface area contributed by atoms with Gasteiger partial charge in [-0.1, -0.05) is 12.1 Å². The van der Waals surface area contributed by atoms with Gasteiger partial charge in [0, 0.05) is 38.8 Å². The van der Waals surface area contributed by atoms with Crippen LogP contribution in [0.3, 0.4) is 0 Å². The number of carbonyl (C=O) groups excluding carboxylic acids is 2. The van der Waals surface area contributed by atoms with Crippen LogP contribution in [0.4, 0.5) is 5.69 Å². The van der Waals surface area contributed by atoms with Crippen LogP contribution in [0, 0.1) is 5.92 Å². The van der Waals surface area contributed by atoms with Gasteiger partial charge in [0.25, 0.3) is 5.91 Å². The molecule has 0 unspecified atom stereocenters. The van der Waals surface area contributed by atoms with Crippen LogP contribution in [0.1, 0.15) is 28.8 Å². The molecule has 1 aliphatic rings. The molecule has 0 bridgehead atoms. The number of anilines is 1. The maximum atomic E-state index is 12.8. The summed E-state index contributed by atoms with van der Waals surface area (Å²) in [6.07, 6.45) is 3.75. The first-order chi connectivity index (χ1) is 12.1. The Bertz CT molecular complexity index is 770. The molecule has 7 heteroatoms. The van der Waals surface area contributed by atoms with E-state index in [0.717, 1.165) is 12.1 Å². The molecule has 1 saturated heterocycles. The third-order valence-electron chi connectivity index (χ3n) is 4.47. The van der Waals surface area contributed by atoms with Gasteiger partial charge in [-0.3, -0.25) is 14.3 Å². The van der Waals surface area contributed by atoms with Gasteiger partial charge in [-0.15, -0.1) is 0 Å². The van der Waals surface area contributed by atoms with Crippen molar-refractivity contribution in [2.45, 2.75) is 12.8 Å². The van der Waals surface area contributed by atoms with Crippen molar-refractivity contribution in [1.82, 2.24) is 20.4 Å². The zero-order chi connectivity index (χ0) is 17.8. The van der Waals surface area contributed by atoms with Crippen LogP contribution < -0.4 is 16.0 Å². The monoisotopic (exact) mass is 341 g/mol.